The van der Waals surface area contributed by atoms with Gasteiger partial charge in [0.25, 0.3) is 0 Å². The maximum atomic E-state index is 12.6. The predicted octanol–water partition coefficient (Wildman–Crippen LogP) is 6.31. The van der Waals surface area contributed by atoms with Crippen LogP contribution in [0.1, 0.15) is 62.0 Å². The molecule has 3 aromatic rings. The van der Waals surface area contributed by atoms with Crippen LogP contribution in [0.15, 0.2) is 59.1 Å². The van der Waals surface area contributed by atoms with Crippen molar-refractivity contribution >= 4 is 17.7 Å². The maximum Gasteiger partial charge on any atom is 0.412 e. The van der Waals surface area contributed by atoms with Crippen LogP contribution >= 0.6 is 0 Å². The van der Waals surface area contributed by atoms with Crippen molar-refractivity contribution in [2.75, 3.05) is 19.0 Å². The van der Waals surface area contributed by atoms with Crippen LogP contribution in [0.2, 0.25) is 0 Å². The minimum atomic E-state index is -0.576. The van der Waals surface area contributed by atoms with Crippen molar-refractivity contribution in [2.24, 2.45) is 5.41 Å². The van der Waals surface area contributed by atoms with E-state index in [-0.39, 0.29) is 17.0 Å². The minimum absolute atomic E-state index is 0.112. The van der Waals surface area contributed by atoms with Crippen molar-refractivity contribution in [3.8, 4) is 11.3 Å². The molecule has 0 radical (unpaired) electrons. The van der Waals surface area contributed by atoms with Gasteiger partial charge in [-0.2, -0.15) is 0 Å². The number of aryl methyl sites for hydroxylation is 1. The first-order chi connectivity index (χ1) is 17.8. The molecule has 1 atom stereocenters. The fourth-order valence-electron chi connectivity index (χ4n) is 5.47. The number of nitrogens with zero attached hydrogens (tertiary/aromatic N) is 1. The Kier molecular flexibility index (Phi) is 6.77. The number of fused-ring (bicyclic) bond motifs is 3. The number of nitrogens with one attached hydrogen (secondary N) is 1. The fourth-order valence-corrected chi connectivity index (χ4v) is 5.47. The number of amides is 1. The van der Waals surface area contributed by atoms with Crippen LogP contribution in [0.5, 0.6) is 0 Å². The number of methoxy groups -OCH3 is 1. The first kappa shape index (κ1) is 25.0. The summed E-state index contributed by atoms with van der Waals surface area (Å²) in [5, 5.41) is 6.87. The molecule has 2 aliphatic heterocycles. The molecule has 8 heteroatoms. The van der Waals surface area contributed by atoms with Gasteiger partial charge in [-0.3, -0.25) is 10.1 Å². The molecule has 3 heterocycles. The lowest BCUT2D eigenvalue weighted by Crippen LogP contribution is -2.50. The summed E-state index contributed by atoms with van der Waals surface area (Å²) in [6, 6.07) is 17.6. The smallest absolute Gasteiger partial charge is 0.412 e. The predicted molar refractivity (Wildman–Crippen MR) is 137 cm³/mol. The highest BCUT2D eigenvalue weighted by Gasteiger charge is 2.51. The lowest BCUT2D eigenvalue weighted by molar-refractivity contribution is -0.196. The number of rotatable bonds is 7. The molecule has 3 fully saturated rings. The van der Waals surface area contributed by atoms with Crippen molar-refractivity contribution < 1.29 is 28.3 Å². The molecule has 2 bridgehead atoms. The number of carbonyl (C=O) groups excluding carboxylic acids is 2. The number of benzene rings is 2. The van der Waals surface area contributed by atoms with Crippen LogP contribution in [0.4, 0.5) is 10.5 Å². The minimum Gasteiger partial charge on any atom is -0.469 e. The zero-order chi connectivity index (χ0) is 26.0. The van der Waals surface area contributed by atoms with Crippen LogP contribution in [-0.4, -0.2) is 30.9 Å². The van der Waals surface area contributed by atoms with E-state index in [0.29, 0.717) is 30.2 Å². The third-order valence-corrected chi connectivity index (χ3v) is 7.84. The largest absolute Gasteiger partial charge is 0.469 e. The normalized spacial score (nSPS) is 23.3. The van der Waals surface area contributed by atoms with Crippen molar-refractivity contribution in [2.45, 2.75) is 57.7 Å². The third-order valence-electron chi connectivity index (χ3n) is 7.84. The van der Waals surface area contributed by atoms with Crippen molar-refractivity contribution in [3.63, 3.8) is 0 Å². The molecule has 6 rings (SSSR count). The number of hydrogen-bond acceptors (Lipinski definition) is 7. The summed E-state index contributed by atoms with van der Waals surface area (Å²) in [7, 11) is 1.43. The van der Waals surface area contributed by atoms with Crippen molar-refractivity contribution in [1.29, 1.82) is 0 Å². The van der Waals surface area contributed by atoms with Gasteiger partial charge in [0.15, 0.2) is 5.76 Å². The Hall–Kier alpha value is -3.65. The van der Waals surface area contributed by atoms with E-state index in [4.69, 9.17) is 18.7 Å². The summed E-state index contributed by atoms with van der Waals surface area (Å²) >= 11 is 0. The van der Waals surface area contributed by atoms with E-state index in [1.54, 1.807) is 6.92 Å². The van der Waals surface area contributed by atoms with E-state index in [1.807, 2.05) is 61.5 Å². The Labute approximate surface area is 216 Å². The standard InChI is InChI=1S/C29H32N2O6/c1-19-25(30-27(33)36-20(2)21-7-5-4-6-8-21)26(37-31-19)22-9-11-23(12-10-22)29-15-13-28(14-16-29,18-35-29)17-24(32)34-3/h4-12,20H,13-18H2,1-3H3,(H,30,33)/t20-,28?,29?/m1/s1. The molecular weight excluding hydrogens is 472 g/mol. The molecule has 8 nitrogen and oxygen atoms in total. The Balaban J connectivity index is 1.27. The van der Waals surface area contributed by atoms with E-state index < -0.39 is 12.2 Å². The molecule has 0 unspecified atom stereocenters. The maximum absolute atomic E-state index is 12.6. The summed E-state index contributed by atoms with van der Waals surface area (Å²) in [4.78, 5) is 24.5. The van der Waals surface area contributed by atoms with E-state index in [1.165, 1.54) is 7.11 Å². The number of esters is 1. The average Bonchev–Trinajstić information content (AvgIpc) is 3.29. The highest BCUT2D eigenvalue weighted by Crippen LogP contribution is 2.55. The van der Waals surface area contributed by atoms with Gasteiger partial charge < -0.3 is 18.7 Å². The third kappa shape index (κ3) is 4.98. The van der Waals surface area contributed by atoms with Crippen LogP contribution in [-0.2, 0) is 24.6 Å². The van der Waals surface area contributed by atoms with Crippen LogP contribution < -0.4 is 5.32 Å². The highest BCUT2D eigenvalue weighted by atomic mass is 16.6. The van der Waals surface area contributed by atoms with E-state index in [2.05, 4.69) is 10.5 Å². The van der Waals surface area contributed by atoms with Crippen LogP contribution in [0.3, 0.4) is 0 Å². The van der Waals surface area contributed by atoms with Gasteiger partial charge in [0, 0.05) is 11.0 Å². The van der Waals surface area contributed by atoms with Crippen LogP contribution in [0, 0.1) is 12.3 Å². The zero-order valence-electron chi connectivity index (χ0n) is 21.4. The van der Waals surface area contributed by atoms with Gasteiger partial charge in [0.2, 0.25) is 0 Å². The summed E-state index contributed by atoms with van der Waals surface area (Å²) in [6.07, 6.45) is 3.02. The average molecular weight is 505 g/mol. The van der Waals surface area contributed by atoms with Crippen molar-refractivity contribution in [3.05, 3.63) is 71.4 Å². The molecule has 1 amide bonds. The molecular formula is C29H32N2O6. The monoisotopic (exact) mass is 504 g/mol. The first-order valence-electron chi connectivity index (χ1n) is 12.6. The second kappa shape index (κ2) is 10.0. The van der Waals surface area contributed by atoms with Gasteiger partial charge in [-0.1, -0.05) is 59.8 Å². The Morgan fingerprint density at radius 2 is 1.76 bits per heavy atom. The lowest BCUT2D eigenvalue weighted by atomic mass is 9.63. The van der Waals surface area contributed by atoms with Gasteiger partial charge in [0.1, 0.15) is 17.5 Å². The number of anilines is 1. The highest BCUT2D eigenvalue weighted by molar-refractivity contribution is 5.90. The molecule has 37 heavy (non-hydrogen) atoms. The Bertz CT molecular complexity index is 1240. The Morgan fingerprint density at radius 1 is 1.05 bits per heavy atom. The number of hydrogen-bond donors (Lipinski definition) is 1. The summed E-state index contributed by atoms with van der Waals surface area (Å²) in [5.74, 6) is 0.295. The molecule has 2 aromatic carbocycles. The number of aromatic nitrogens is 1. The first-order valence-corrected chi connectivity index (χ1v) is 12.6. The van der Waals surface area contributed by atoms with E-state index in [9.17, 15) is 9.59 Å². The molecule has 1 saturated carbocycles. The molecule has 194 valence electrons. The van der Waals surface area contributed by atoms with Crippen LogP contribution in [0.25, 0.3) is 11.3 Å². The Morgan fingerprint density at radius 3 is 2.38 bits per heavy atom. The fraction of sp³-hybridized carbons (Fsp3) is 0.414. The summed E-state index contributed by atoms with van der Waals surface area (Å²) < 4.78 is 22.4. The second-order valence-corrected chi connectivity index (χ2v) is 10.2. The molecule has 1 aromatic heterocycles. The van der Waals surface area contributed by atoms with Gasteiger partial charge in [0.05, 0.1) is 25.7 Å². The van der Waals surface area contributed by atoms with Gasteiger partial charge in [-0.15, -0.1) is 0 Å². The van der Waals surface area contributed by atoms with E-state index >= 15 is 0 Å². The molecule has 1 aliphatic carbocycles. The molecule has 0 spiro atoms. The number of carbonyl (C=O) groups is 2. The van der Waals surface area contributed by atoms with Gasteiger partial charge in [-0.25, -0.2) is 4.79 Å². The molecule has 2 saturated heterocycles. The SMILES string of the molecule is COC(=O)CC12CCC(c3ccc(-c4onc(C)c4NC(=O)O[C@H](C)c4ccccc4)cc3)(CC1)OC2. The number of ether oxygens (including phenoxy) is 3. The van der Waals surface area contributed by atoms with Crippen molar-refractivity contribution in [1.82, 2.24) is 5.16 Å². The zero-order valence-corrected chi connectivity index (χ0v) is 21.4. The second-order valence-electron chi connectivity index (χ2n) is 10.2. The summed E-state index contributed by atoms with van der Waals surface area (Å²) in [5.41, 5.74) is 3.39. The van der Waals surface area contributed by atoms with E-state index in [0.717, 1.165) is 42.4 Å². The van der Waals surface area contributed by atoms with Gasteiger partial charge >= 0.3 is 12.1 Å². The quantitative estimate of drug-likeness (QED) is 0.376. The molecule has 3 aliphatic rings. The summed E-state index contributed by atoms with van der Waals surface area (Å²) in [6.45, 7) is 4.16. The molecule has 1 N–H and O–H groups in total. The van der Waals surface area contributed by atoms with Gasteiger partial charge in [-0.05, 0) is 50.7 Å². The lowest BCUT2D eigenvalue weighted by Gasteiger charge is -2.53. The topological polar surface area (TPSA) is 99.9 Å².